The van der Waals surface area contributed by atoms with Crippen LogP contribution in [0.3, 0.4) is 0 Å². The number of carbonyl (C=O) groups is 2. The lowest BCUT2D eigenvalue weighted by Crippen LogP contribution is -2.45. The van der Waals surface area contributed by atoms with Gasteiger partial charge >= 0.3 is 0 Å². The molecule has 2 amide bonds. The fraction of sp³-hybridized carbons (Fsp3) is 0.889. The maximum atomic E-state index is 13.0. The van der Waals surface area contributed by atoms with Crippen LogP contribution in [0.2, 0.25) is 0 Å². The van der Waals surface area contributed by atoms with Crippen LogP contribution < -0.4 is 0 Å². The predicted octanol–water partition coefficient (Wildman–Crippen LogP) is 2.44. The second-order valence-corrected chi connectivity index (χ2v) is 6.88. The van der Waals surface area contributed by atoms with Crippen molar-refractivity contribution >= 4 is 11.8 Å². The van der Waals surface area contributed by atoms with E-state index in [4.69, 9.17) is 4.74 Å². The normalized spacial score (nSPS) is 22.3. The molecule has 1 saturated heterocycles. The van der Waals surface area contributed by atoms with E-state index in [1.54, 1.807) is 7.11 Å². The van der Waals surface area contributed by atoms with Gasteiger partial charge in [-0.25, -0.2) is 0 Å². The first-order valence-corrected chi connectivity index (χ1v) is 9.21. The molecule has 2 aliphatic rings. The molecule has 1 atom stereocenters. The molecule has 1 aliphatic carbocycles. The molecular weight excluding hydrogens is 292 g/mol. The Morgan fingerprint density at radius 2 is 1.96 bits per heavy atom. The van der Waals surface area contributed by atoms with Gasteiger partial charge in [0.1, 0.15) is 0 Å². The second kappa shape index (κ2) is 8.67. The molecule has 1 heterocycles. The summed E-state index contributed by atoms with van der Waals surface area (Å²) >= 11 is 0. The van der Waals surface area contributed by atoms with Crippen molar-refractivity contribution in [3.05, 3.63) is 0 Å². The summed E-state index contributed by atoms with van der Waals surface area (Å²) in [6, 6.07) is 0.620. The molecule has 0 aromatic rings. The molecule has 2 fully saturated rings. The average Bonchev–Trinajstić information content (AvgIpc) is 3.20. The Morgan fingerprint density at radius 1 is 1.30 bits per heavy atom. The van der Waals surface area contributed by atoms with Crippen molar-refractivity contribution in [1.82, 2.24) is 9.80 Å². The van der Waals surface area contributed by atoms with Crippen molar-refractivity contribution < 1.29 is 14.3 Å². The number of methoxy groups -OCH3 is 1. The second-order valence-electron chi connectivity index (χ2n) is 6.88. The van der Waals surface area contributed by atoms with E-state index in [2.05, 4.69) is 13.8 Å². The van der Waals surface area contributed by atoms with Gasteiger partial charge in [0.2, 0.25) is 11.8 Å². The molecule has 23 heavy (non-hydrogen) atoms. The van der Waals surface area contributed by atoms with Gasteiger partial charge in [0.05, 0.1) is 12.5 Å². The maximum Gasteiger partial charge on any atom is 0.228 e. The smallest absolute Gasteiger partial charge is 0.228 e. The third-order valence-corrected chi connectivity index (χ3v) is 5.48. The van der Waals surface area contributed by atoms with E-state index in [0.717, 1.165) is 25.7 Å². The molecule has 5 heteroatoms. The third kappa shape index (κ3) is 4.25. The predicted molar refractivity (Wildman–Crippen MR) is 90.0 cm³/mol. The van der Waals surface area contributed by atoms with Crippen LogP contribution >= 0.6 is 0 Å². The molecule has 1 unspecified atom stereocenters. The average molecular weight is 324 g/mol. The summed E-state index contributed by atoms with van der Waals surface area (Å²) in [5.41, 5.74) is 0. The lowest BCUT2D eigenvalue weighted by atomic mass is 10.0. The van der Waals surface area contributed by atoms with Gasteiger partial charge in [-0.15, -0.1) is 0 Å². The highest BCUT2D eigenvalue weighted by molar-refractivity contribution is 5.89. The highest BCUT2D eigenvalue weighted by atomic mass is 16.5. The molecule has 132 valence electrons. The van der Waals surface area contributed by atoms with Crippen molar-refractivity contribution in [2.24, 2.45) is 5.92 Å². The van der Waals surface area contributed by atoms with Crippen LogP contribution in [-0.2, 0) is 14.3 Å². The van der Waals surface area contributed by atoms with Gasteiger partial charge < -0.3 is 14.5 Å². The maximum absolute atomic E-state index is 13.0. The van der Waals surface area contributed by atoms with E-state index in [0.29, 0.717) is 32.2 Å². The van der Waals surface area contributed by atoms with Crippen molar-refractivity contribution in [3.63, 3.8) is 0 Å². The molecule has 0 radical (unpaired) electrons. The third-order valence-electron chi connectivity index (χ3n) is 5.48. The molecule has 0 aromatic carbocycles. The van der Waals surface area contributed by atoms with Gasteiger partial charge in [0.15, 0.2) is 0 Å². The highest BCUT2D eigenvalue weighted by Crippen LogP contribution is 2.30. The van der Waals surface area contributed by atoms with Crippen molar-refractivity contribution in [3.8, 4) is 0 Å². The zero-order valence-corrected chi connectivity index (χ0v) is 14.9. The molecule has 0 bridgehead atoms. The Bertz CT molecular complexity index is 403. The van der Waals surface area contributed by atoms with E-state index in [-0.39, 0.29) is 23.8 Å². The number of hydrogen-bond donors (Lipinski definition) is 0. The Morgan fingerprint density at radius 3 is 2.52 bits per heavy atom. The molecule has 0 N–H and O–H groups in total. The number of hydrogen-bond acceptors (Lipinski definition) is 3. The number of likely N-dealkylation sites (tertiary alicyclic amines) is 1. The summed E-state index contributed by atoms with van der Waals surface area (Å²) < 4.78 is 5.18. The first-order valence-electron chi connectivity index (χ1n) is 9.21. The van der Waals surface area contributed by atoms with Gasteiger partial charge in [0, 0.05) is 38.7 Å². The topological polar surface area (TPSA) is 49.9 Å². The molecule has 1 saturated carbocycles. The lowest BCUT2D eigenvalue weighted by Gasteiger charge is -2.32. The van der Waals surface area contributed by atoms with Crippen LogP contribution in [0.1, 0.15) is 58.8 Å². The molecular formula is C18H32N2O3. The van der Waals surface area contributed by atoms with Gasteiger partial charge in [-0.1, -0.05) is 26.7 Å². The van der Waals surface area contributed by atoms with Gasteiger partial charge in [0.25, 0.3) is 0 Å². The quantitative estimate of drug-likeness (QED) is 0.689. The standard InChI is InChI=1S/C18H32N2O3/c1-4-15(5-2)19(10-11-23-3)18(22)14-12-17(21)20(13-14)16-8-6-7-9-16/h14-16H,4-13H2,1-3H3. The number of nitrogens with zero attached hydrogens (tertiary/aromatic N) is 2. The minimum atomic E-state index is -0.166. The summed E-state index contributed by atoms with van der Waals surface area (Å²) in [6.45, 7) is 6.02. The van der Waals surface area contributed by atoms with E-state index in [1.165, 1.54) is 12.8 Å². The van der Waals surface area contributed by atoms with Crippen LogP contribution in [-0.4, -0.2) is 60.5 Å². The zero-order valence-electron chi connectivity index (χ0n) is 14.9. The van der Waals surface area contributed by atoms with Gasteiger partial charge in [-0.2, -0.15) is 0 Å². The molecule has 0 aromatic heterocycles. The number of carbonyl (C=O) groups excluding carboxylic acids is 2. The largest absolute Gasteiger partial charge is 0.383 e. The van der Waals surface area contributed by atoms with Crippen molar-refractivity contribution in [2.75, 3.05) is 26.8 Å². The van der Waals surface area contributed by atoms with Crippen LogP contribution in [0, 0.1) is 5.92 Å². The summed E-state index contributed by atoms with van der Waals surface area (Å²) in [7, 11) is 1.66. The van der Waals surface area contributed by atoms with E-state index in [9.17, 15) is 9.59 Å². The fourth-order valence-corrected chi connectivity index (χ4v) is 4.09. The van der Waals surface area contributed by atoms with E-state index < -0.39 is 0 Å². The summed E-state index contributed by atoms with van der Waals surface area (Å²) in [5.74, 6) is 0.150. The monoisotopic (exact) mass is 324 g/mol. The molecule has 5 nitrogen and oxygen atoms in total. The summed E-state index contributed by atoms with van der Waals surface area (Å²) in [5, 5.41) is 0. The van der Waals surface area contributed by atoms with Crippen LogP contribution in [0.25, 0.3) is 0 Å². The molecule has 2 rings (SSSR count). The molecule has 1 aliphatic heterocycles. The Balaban J connectivity index is 2.02. The van der Waals surface area contributed by atoms with Crippen molar-refractivity contribution in [2.45, 2.75) is 70.9 Å². The van der Waals surface area contributed by atoms with E-state index in [1.807, 2.05) is 9.80 Å². The highest BCUT2D eigenvalue weighted by Gasteiger charge is 2.40. The van der Waals surface area contributed by atoms with Gasteiger partial charge in [-0.05, 0) is 25.7 Å². The Hall–Kier alpha value is -1.10. The van der Waals surface area contributed by atoms with Gasteiger partial charge in [-0.3, -0.25) is 9.59 Å². The number of amides is 2. The Labute approximate surface area is 140 Å². The minimum absolute atomic E-state index is 0.143. The van der Waals surface area contributed by atoms with Crippen molar-refractivity contribution in [1.29, 1.82) is 0 Å². The molecule has 0 spiro atoms. The number of ether oxygens (including phenoxy) is 1. The minimum Gasteiger partial charge on any atom is -0.383 e. The van der Waals surface area contributed by atoms with Crippen LogP contribution in [0.4, 0.5) is 0 Å². The SMILES string of the molecule is CCC(CC)N(CCOC)C(=O)C1CC(=O)N(C2CCCC2)C1. The fourth-order valence-electron chi connectivity index (χ4n) is 4.09. The van der Waals surface area contributed by atoms with Crippen LogP contribution in [0.5, 0.6) is 0 Å². The Kier molecular flexibility index (Phi) is 6.88. The zero-order chi connectivity index (χ0) is 16.8. The first kappa shape index (κ1) is 18.2. The summed E-state index contributed by atoms with van der Waals surface area (Å²) in [6.07, 6.45) is 6.90. The van der Waals surface area contributed by atoms with E-state index >= 15 is 0 Å². The number of rotatable bonds is 8. The summed E-state index contributed by atoms with van der Waals surface area (Å²) in [4.78, 5) is 29.3. The first-order chi connectivity index (χ1) is 11.1. The lowest BCUT2D eigenvalue weighted by molar-refractivity contribution is -0.139. The van der Waals surface area contributed by atoms with Crippen LogP contribution in [0.15, 0.2) is 0 Å².